The Kier molecular flexibility index (Phi) is 6.56. The van der Waals surface area contributed by atoms with Crippen LogP contribution in [-0.4, -0.2) is 38.0 Å². The second-order valence-corrected chi connectivity index (χ2v) is 8.63. The molecular formula is C19H21N3O5S2. The van der Waals surface area contributed by atoms with Gasteiger partial charge < -0.3 is 9.84 Å². The van der Waals surface area contributed by atoms with Gasteiger partial charge in [-0.05, 0) is 32.4 Å². The smallest absolute Gasteiger partial charge is 0.273 e. The lowest BCUT2D eigenvalue weighted by molar-refractivity contribution is -0.384. The van der Waals surface area contributed by atoms with E-state index in [-0.39, 0.29) is 23.6 Å². The van der Waals surface area contributed by atoms with Gasteiger partial charge in [0.05, 0.1) is 22.5 Å². The third-order valence-corrected chi connectivity index (χ3v) is 6.67. The number of non-ortho nitro benzene ring substituents is 1. The molecule has 0 aliphatic rings. The van der Waals surface area contributed by atoms with E-state index in [1.54, 1.807) is 10.6 Å². The first-order valence-corrected chi connectivity index (χ1v) is 10.8. The summed E-state index contributed by atoms with van der Waals surface area (Å²) in [5.41, 5.74) is 0.827. The van der Waals surface area contributed by atoms with Gasteiger partial charge in [0, 0.05) is 23.2 Å². The van der Waals surface area contributed by atoms with Crippen LogP contribution in [0.5, 0.6) is 5.75 Å². The van der Waals surface area contributed by atoms with Gasteiger partial charge in [-0.1, -0.05) is 17.8 Å². The van der Waals surface area contributed by atoms with Crippen LogP contribution in [0.2, 0.25) is 0 Å². The summed E-state index contributed by atoms with van der Waals surface area (Å²) in [5.74, 6) is 0.591. The number of rotatable bonds is 8. The lowest BCUT2D eigenvalue weighted by atomic mass is 10.2. The summed E-state index contributed by atoms with van der Waals surface area (Å²) in [7, 11) is 0. The molecule has 1 aromatic carbocycles. The van der Waals surface area contributed by atoms with Crippen LogP contribution in [0, 0.1) is 24.0 Å². The van der Waals surface area contributed by atoms with E-state index in [0.29, 0.717) is 27.7 Å². The summed E-state index contributed by atoms with van der Waals surface area (Å²) in [4.78, 5) is 29.6. The van der Waals surface area contributed by atoms with Gasteiger partial charge in [-0.3, -0.25) is 19.5 Å². The molecule has 0 spiro atoms. The highest BCUT2D eigenvalue weighted by atomic mass is 32.2. The monoisotopic (exact) mass is 435 g/mol. The third-order valence-electron chi connectivity index (χ3n) is 4.45. The first kappa shape index (κ1) is 21.3. The lowest BCUT2D eigenvalue weighted by Gasteiger charge is -2.14. The molecule has 0 saturated heterocycles. The summed E-state index contributed by atoms with van der Waals surface area (Å²) in [5, 5.41) is 22.3. The fourth-order valence-corrected chi connectivity index (χ4v) is 4.83. The van der Waals surface area contributed by atoms with Crippen molar-refractivity contribution in [3.05, 3.63) is 55.2 Å². The molecule has 2 aromatic heterocycles. The number of aryl methyl sites for hydroxylation is 2. The summed E-state index contributed by atoms with van der Waals surface area (Å²) >= 11 is 2.78. The van der Waals surface area contributed by atoms with Crippen molar-refractivity contribution >= 4 is 39.0 Å². The number of aliphatic hydroxyl groups is 1. The molecule has 0 saturated carbocycles. The van der Waals surface area contributed by atoms with Crippen molar-refractivity contribution in [2.24, 2.45) is 0 Å². The van der Waals surface area contributed by atoms with Crippen molar-refractivity contribution < 1.29 is 14.8 Å². The van der Waals surface area contributed by atoms with Crippen molar-refractivity contribution in [1.82, 2.24) is 9.55 Å². The number of ether oxygens (including phenoxy) is 1. The van der Waals surface area contributed by atoms with E-state index in [1.165, 1.54) is 41.3 Å². The van der Waals surface area contributed by atoms with Crippen LogP contribution in [-0.2, 0) is 6.54 Å². The molecule has 1 N–H and O–H groups in total. The standard InChI is InChI=1S/C19H21N3O5S2/c1-4-21-18(24)16-11(2)12(3)29-17(16)20-19(21)28-10-14(23)9-27-15-7-5-6-13(8-15)22(25)26/h5-8,14,23H,4,9-10H2,1-3H3/t14-/m1/s1. The zero-order chi connectivity index (χ0) is 21.1. The van der Waals surface area contributed by atoms with Crippen molar-refractivity contribution in [3.63, 3.8) is 0 Å². The number of nitro groups is 1. The SMILES string of the molecule is CCn1c(SC[C@H](O)COc2cccc([N+](=O)[O-])c2)nc2sc(C)c(C)c2c1=O. The van der Waals surface area contributed by atoms with Crippen LogP contribution < -0.4 is 10.3 Å². The lowest BCUT2D eigenvalue weighted by Crippen LogP contribution is -2.24. The molecule has 0 unspecified atom stereocenters. The number of hydrogen-bond donors (Lipinski definition) is 1. The number of nitrogens with zero attached hydrogens (tertiary/aromatic N) is 3. The van der Waals surface area contributed by atoms with E-state index in [9.17, 15) is 20.0 Å². The minimum Gasteiger partial charge on any atom is -0.491 e. The largest absolute Gasteiger partial charge is 0.491 e. The molecule has 3 aromatic rings. The number of thiophene rings is 1. The highest BCUT2D eigenvalue weighted by Crippen LogP contribution is 2.28. The number of fused-ring (bicyclic) bond motifs is 1. The van der Waals surface area contributed by atoms with Gasteiger partial charge in [0.25, 0.3) is 11.2 Å². The Labute approximate surface area is 175 Å². The Hall–Kier alpha value is -2.43. The Morgan fingerprint density at radius 1 is 1.41 bits per heavy atom. The molecule has 8 nitrogen and oxygen atoms in total. The average molecular weight is 436 g/mol. The Morgan fingerprint density at radius 3 is 2.86 bits per heavy atom. The van der Waals surface area contributed by atoms with Crippen LogP contribution in [0.1, 0.15) is 17.4 Å². The van der Waals surface area contributed by atoms with Gasteiger partial charge in [0.1, 0.15) is 17.2 Å². The van der Waals surface area contributed by atoms with Crippen molar-refractivity contribution in [2.75, 3.05) is 12.4 Å². The molecule has 0 aliphatic heterocycles. The fraction of sp³-hybridized carbons (Fsp3) is 0.368. The fourth-order valence-electron chi connectivity index (χ4n) is 2.80. The third kappa shape index (κ3) is 4.60. The topological polar surface area (TPSA) is 107 Å². The molecule has 29 heavy (non-hydrogen) atoms. The maximum atomic E-state index is 12.8. The molecule has 154 valence electrons. The van der Waals surface area contributed by atoms with E-state index in [1.807, 2.05) is 20.8 Å². The number of aromatic nitrogens is 2. The molecule has 0 bridgehead atoms. The Bertz CT molecular complexity index is 1110. The summed E-state index contributed by atoms with van der Waals surface area (Å²) < 4.78 is 7.07. The number of benzene rings is 1. The zero-order valence-electron chi connectivity index (χ0n) is 16.2. The van der Waals surface area contributed by atoms with E-state index < -0.39 is 11.0 Å². The first-order valence-electron chi connectivity index (χ1n) is 9.00. The molecule has 3 rings (SSSR count). The first-order chi connectivity index (χ1) is 13.8. The summed E-state index contributed by atoms with van der Waals surface area (Å²) in [6.45, 7) is 6.25. The van der Waals surface area contributed by atoms with Crippen LogP contribution in [0.15, 0.2) is 34.2 Å². The predicted octanol–water partition coefficient (Wildman–Crippen LogP) is 3.53. The molecule has 1 atom stereocenters. The molecule has 2 heterocycles. The second kappa shape index (κ2) is 8.93. The van der Waals surface area contributed by atoms with Crippen LogP contribution in [0.3, 0.4) is 0 Å². The molecule has 0 radical (unpaired) electrons. The molecular weight excluding hydrogens is 414 g/mol. The van der Waals surface area contributed by atoms with Gasteiger partial charge in [-0.25, -0.2) is 4.98 Å². The van der Waals surface area contributed by atoms with Gasteiger partial charge in [-0.2, -0.15) is 0 Å². The van der Waals surface area contributed by atoms with Crippen LogP contribution in [0.25, 0.3) is 10.2 Å². The minimum atomic E-state index is -0.830. The van der Waals surface area contributed by atoms with Crippen molar-refractivity contribution in [3.8, 4) is 5.75 Å². The number of nitro benzene ring substituents is 1. The number of hydrogen-bond acceptors (Lipinski definition) is 8. The molecule has 0 amide bonds. The van der Waals surface area contributed by atoms with Gasteiger partial charge in [0.15, 0.2) is 5.16 Å². The van der Waals surface area contributed by atoms with E-state index in [4.69, 9.17) is 4.74 Å². The highest BCUT2D eigenvalue weighted by molar-refractivity contribution is 7.99. The van der Waals surface area contributed by atoms with Crippen molar-refractivity contribution in [1.29, 1.82) is 0 Å². The number of thioether (sulfide) groups is 1. The molecule has 0 aliphatic carbocycles. The summed E-state index contributed by atoms with van der Waals surface area (Å²) in [6.07, 6.45) is -0.830. The van der Waals surface area contributed by atoms with Gasteiger partial charge in [-0.15, -0.1) is 11.3 Å². The predicted molar refractivity (Wildman–Crippen MR) is 114 cm³/mol. The normalized spacial score (nSPS) is 12.3. The zero-order valence-corrected chi connectivity index (χ0v) is 17.9. The van der Waals surface area contributed by atoms with Crippen LogP contribution in [0.4, 0.5) is 5.69 Å². The summed E-state index contributed by atoms with van der Waals surface area (Å²) in [6, 6.07) is 5.81. The van der Waals surface area contributed by atoms with Gasteiger partial charge in [0.2, 0.25) is 0 Å². The minimum absolute atomic E-state index is 0.0238. The molecule has 10 heteroatoms. The quantitative estimate of drug-likeness (QED) is 0.250. The van der Waals surface area contributed by atoms with Crippen LogP contribution >= 0.6 is 23.1 Å². The maximum absolute atomic E-state index is 12.8. The average Bonchev–Trinajstić information content (AvgIpc) is 2.98. The van der Waals surface area contributed by atoms with Gasteiger partial charge >= 0.3 is 0 Å². The van der Waals surface area contributed by atoms with E-state index in [2.05, 4.69) is 4.98 Å². The Balaban J connectivity index is 1.69. The number of aliphatic hydroxyl groups excluding tert-OH is 1. The molecule has 0 fully saturated rings. The second-order valence-electron chi connectivity index (χ2n) is 6.44. The van der Waals surface area contributed by atoms with Crippen molar-refractivity contribution in [2.45, 2.75) is 38.6 Å². The maximum Gasteiger partial charge on any atom is 0.273 e. The Morgan fingerprint density at radius 2 is 2.17 bits per heavy atom. The van der Waals surface area contributed by atoms with E-state index >= 15 is 0 Å². The highest BCUT2D eigenvalue weighted by Gasteiger charge is 2.17. The van der Waals surface area contributed by atoms with E-state index in [0.717, 1.165) is 10.4 Å².